The highest BCUT2D eigenvalue weighted by atomic mass is 16.6. The Morgan fingerprint density at radius 2 is 1.53 bits per heavy atom. The van der Waals surface area contributed by atoms with Gasteiger partial charge in [0.25, 0.3) is 17.2 Å². The summed E-state index contributed by atoms with van der Waals surface area (Å²) < 4.78 is 2.91. The van der Waals surface area contributed by atoms with Crippen LogP contribution in [0.4, 0.5) is 17.1 Å². The van der Waals surface area contributed by atoms with Crippen molar-refractivity contribution in [2.24, 2.45) is 0 Å². The summed E-state index contributed by atoms with van der Waals surface area (Å²) in [6.45, 7) is -0.245. The van der Waals surface area contributed by atoms with E-state index in [0.29, 0.717) is 28.0 Å². The summed E-state index contributed by atoms with van der Waals surface area (Å²) in [5, 5.41) is 23.8. The van der Waals surface area contributed by atoms with E-state index in [2.05, 4.69) is 20.8 Å². The number of hydrogen-bond donors (Lipinski definition) is 2. The first-order valence-electron chi connectivity index (χ1n) is 10.7. The summed E-state index contributed by atoms with van der Waals surface area (Å²) >= 11 is 0. The zero-order valence-electron chi connectivity index (χ0n) is 18.5. The second-order valence-electron chi connectivity index (χ2n) is 7.79. The van der Waals surface area contributed by atoms with Gasteiger partial charge in [-0.1, -0.05) is 12.1 Å². The van der Waals surface area contributed by atoms with E-state index >= 15 is 0 Å². The summed E-state index contributed by atoms with van der Waals surface area (Å²) in [4.78, 5) is 48.3. The molecule has 0 fully saturated rings. The van der Waals surface area contributed by atoms with Gasteiger partial charge in [-0.05, 0) is 48.5 Å². The Morgan fingerprint density at radius 1 is 0.889 bits per heavy atom. The topological polar surface area (TPSA) is 154 Å². The molecule has 2 N–H and O–H groups in total. The van der Waals surface area contributed by atoms with Gasteiger partial charge < -0.3 is 10.6 Å². The Hall–Kier alpha value is -5.39. The van der Waals surface area contributed by atoms with Crippen LogP contribution in [0, 0.1) is 10.1 Å². The molecule has 0 atom stereocenters. The number of amides is 2. The highest BCUT2D eigenvalue weighted by Gasteiger charge is 2.15. The number of aromatic nitrogens is 4. The van der Waals surface area contributed by atoms with Gasteiger partial charge in [0.15, 0.2) is 0 Å². The number of nitro benzene ring substituents is 1. The van der Waals surface area contributed by atoms with E-state index in [1.807, 2.05) is 6.07 Å². The van der Waals surface area contributed by atoms with E-state index in [1.54, 1.807) is 34.7 Å². The van der Waals surface area contributed by atoms with Gasteiger partial charge in [0.05, 0.1) is 16.0 Å². The summed E-state index contributed by atoms with van der Waals surface area (Å²) in [6.07, 6.45) is 1.45. The molecule has 0 aliphatic carbocycles. The minimum atomic E-state index is -0.523. The molecule has 0 saturated heterocycles. The highest BCUT2D eigenvalue weighted by Crippen LogP contribution is 2.18. The second-order valence-corrected chi connectivity index (χ2v) is 7.79. The molecule has 5 rings (SSSR count). The molecule has 12 heteroatoms. The van der Waals surface area contributed by atoms with E-state index < -0.39 is 22.3 Å². The third kappa shape index (κ3) is 4.25. The number of nitro groups is 1. The molecule has 0 aliphatic heterocycles. The monoisotopic (exact) mass is 483 g/mol. The number of para-hydroxylation sites is 2. The smallest absolute Gasteiger partial charge is 0.297 e. The van der Waals surface area contributed by atoms with Crippen molar-refractivity contribution in [1.29, 1.82) is 0 Å². The van der Waals surface area contributed by atoms with Gasteiger partial charge in [0.2, 0.25) is 11.6 Å². The minimum absolute atomic E-state index is 0.0790. The van der Waals surface area contributed by atoms with Crippen LogP contribution in [0.2, 0.25) is 0 Å². The molecule has 2 aromatic heterocycles. The third-order valence-corrected chi connectivity index (χ3v) is 5.48. The summed E-state index contributed by atoms with van der Waals surface area (Å²) in [5.74, 6) is -0.851. The number of rotatable bonds is 6. The summed E-state index contributed by atoms with van der Waals surface area (Å²) in [6, 6.07) is 18.8. The first-order chi connectivity index (χ1) is 17.4. The average molecular weight is 483 g/mol. The normalized spacial score (nSPS) is 10.9. The van der Waals surface area contributed by atoms with E-state index in [1.165, 1.54) is 47.3 Å². The SMILES string of the molecule is O=C(Cn1c(=O)c2nncn2c2ccccc21)Nc1ccc(C(=O)Nc2ccc([N+](=O)[O-])cc2)cc1. The Morgan fingerprint density at radius 3 is 2.22 bits per heavy atom. The number of benzene rings is 3. The Kier molecular flexibility index (Phi) is 5.66. The van der Waals surface area contributed by atoms with Gasteiger partial charge >= 0.3 is 0 Å². The lowest BCUT2D eigenvalue weighted by molar-refractivity contribution is -0.384. The van der Waals surface area contributed by atoms with E-state index in [4.69, 9.17) is 0 Å². The van der Waals surface area contributed by atoms with Crippen LogP contribution in [-0.2, 0) is 11.3 Å². The van der Waals surface area contributed by atoms with Gasteiger partial charge in [-0.3, -0.25) is 33.5 Å². The molecule has 0 spiro atoms. The quantitative estimate of drug-likeness (QED) is 0.278. The lowest BCUT2D eigenvalue weighted by Gasteiger charge is -2.12. The van der Waals surface area contributed by atoms with Gasteiger partial charge in [0.1, 0.15) is 12.9 Å². The fraction of sp³-hybridized carbons (Fsp3) is 0.0417. The van der Waals surface area contributed by atoms with Crippen molar-refractivity contribution in [1.82, 2.24) is 19.2 Å². The van der Waals surface area contributed by atoms with Crippen molar-refractivity contribution in [3.05, 3.63) is 105 Å². The van der Waals surface area contributed by atoms with Gasteiger partial charge in [-0.15, -0.1) is 10.2 Å². The summed E-state index contributed by atoms with van der Waals surface area (Å²) in [5.41, 5.74) is 2.01. The summed E-state index contributed by atoms with van der Waals surface area (Å²) in [7, 11) is 0. The van der Waals surface area contributed by atoms with Crippen molar-refractivity contribution in [3.8, 4) is 0 Å². The predicted octanol–water partition coefficient (Wildman–Crippen LogP) is 2.84. The van der Waals surface area contributed by atoms with E-state index in [9.17, 15) is 24.5 Å². The Balaban J connectivity index is 1.29. The Bertz CT molecular complexity index is 1690. The highest BCUT2D eigenvalue weighted by molar-refractivity contribution is 6.04. The standard InChI is InChI=1S/C24H17N7O5/c32-21(13-29-19-3-1-2-4-20(19)30-14-25-28-22(30)24(29)34)26-16-7-5-15(6-8-16)23(33)27-17-9-11-18(12-10-17)31(35)36/h1-12,14H,13H2,(H,26,32)(H,27,33). The molecular weight excluding hydrogens is 466 g/mol. The third-order valence-electron chi connectivity index (χ3n) is 5.48. The number of hydrogen-bond acceptors (Lipinski definition) is 7. The van der Waals surface area contributed by atoms with E-state index in [-0.39, 0.29) is 17.9 Å². The number of nitrogens with one attached hydrogen (secondary N) is 2. The fourth-order valence-corrected chi connectivity index (χ4v) is 3.76. The maximum Gasteiger partial charge on any atom is 0.297 e. The van der Waals surface area contributed by atoms with Crippen LogP contribution >= 0.6 is 0 Å². The maximum absolute atomic E-state index is 12.9. The first kappa shape index (κ1) is 22.4. The van der Waals surface area contributed by atoms with Gasteiger partial charge in [-0.2, -0.15) is 0 Å². The zero-order chi connectivity index (χ0) is 25.2. The van der Waals surface area contributed by atoms with Gasteiger partial charge in [0, 0.05) is 29.1 Å². The lowest BCUT2D eigenvalue weighted by Crippen LogP contribution is -2.29. The number of nitrogens with zero attached hydrogens (tertiary/aromatic N) is 5. The van der Waals surface area contributed by atoms with Crippen molar-refractivity contribution in [3.63, 3.8) is 0 Å². The molecule has 36 heavy (non-hydrogen) atoms. The molecule has 12 nitrogen and oxygen atoms in total. The zero-order valence-corrected chi connectivity index (χ0v) is 18.5. The van der Waals surface area contributed by atoms with Crippen LogP contribution in [0.3, 0.4) is 0 Å². The fourth-order valence-electron chi connectivity index (χ4n) is 3.76. The predicted molar refractivity (Wildman–Crippen MR) is 131 cm³/mol. The van der Waals surface area contributed by atoms with Crippen LogP contribution in [0.25, 0.3) is 16.7 Å². The number of fused-ring (bicyclic) bond motifs is 3. The largest absolute Gasteiger partial charge is 0.325 e. The molecule has 3 aromatic carbocycles. The van der Waals surface area contributed by atoms with Crippen LogP contribution in [0.5, 0.6) is 0 Å². The number of carbonyl (C=O) groups is 2. The number of carbonyl (C=O) groups excluding carboxylic acids is 2. The molecule has 2 heterocycles. The van der Waals surface area contributed by atoms with Crippen molar-refractivity contribution < 1.29 is 14.5 Å². The second kappa shape index (κ2) is 9.10. The molecule has 0 saturated carbocycles. The van der Waals surface area contributed by atoms with Crippen LogP contribution in [-0.4, -0.2) is 35.9 Å². The van der Waals surface area contributed by atoms with E-state index in [0.717, 1.165) is 0 Å². The average Bonchev–Trinajstić information content (AvgIpc) is 3.38. The minimum Gasteiger partial charge on any atom is -0.325 e. The van der Waals surface area contributed by atoms with Gasteiger partial charge in [-0.25, -0.2) is 0 Å². The van der Waals surface area contributed by atoms with Crippen molar-refractivity contribution in [2.45, 2.75) is 6.54 Å². The molecule has 0 radical (unpaired) electrons. The van der Waals surface area contributed by atoms with Crippen LogP contribution < -0.4 is 16.2 Å². The van der Waals surface area contributed by atoms with Crippen molar-refractivity contribution >= 4 is 45.6 Å². The van der Waals surface area contributed by atoms with Crippen molar-refractivity contribution in [2.75, 3.05) is 10.6 Å². The maximum atomic E-state index is 12.9. The lowest BCUT2D eigenvalue weighted by atomic mass is 10.2. The first-order valence-corrected chi connectivity index (χ1v) is 10.7. The molecule has 0 aliphatic rings. The van der Waals surface area contributed by atoms with Crippen LogP contribution in [0.1, 0.15) is 10.4 Å². The Labute approximate surface area is 202 Å². The molecule has 0 bridgehead atoms. The molecule has 2 amide bonds. The number of anilines is 2. The molecular formula is C24H17N7O5. The molecule has 0 unspecified atom stereocenters. The van der Waals surface area contributed by atoms with Crippen LogP contribution in [0.15, 0.2) is 83.9 Å². The molecule has 5 aromatic rings. The molecule has 178 valence electrons. The number of non-ortho nitro benzene ring substituents is 1.